The van der Waals surface area contributed by atoms with Gasteiger partial charge < -0.3 is 8.85 Å². The summed E-state index contributed by atoms with van der Waals surface area (Å²) in [6.45, 7) is 17.0. The molecule has 0 aliphatic heterocycles. The second-order valence-corrected chi connectivity index (χ2v) is 11.1. The fraction of sp³-hybridized carbons (Fsp3) is 0.913. The minimum atomic E-state index is -2.17. The second-order valence-electron chi connectivity index (χ2n) is 8.03. The number of unbranched alkanes of at least 4 members (excludes halogenated alkanes) is 2. The third-order valence-corrected chi connectivity index (χ3v) is 8.04. The predicted octanol–water partition coefficient (Wildman–Crippen LogP) is 7.81. The average Bonchev–Trinajstić information content (AvgIpc) is 2.67. The molecule has 0 radical (unpaired) electrons. The molecule has 0 spiro atoms. The zero-order valence-electron chi connectivity index (χ0n) is 18.7. The second kappa shape index (κ2) is 17.0. The van der Waals surface area contributed by atoms with Crippen molar-refractivity contribution in [2.75, 3.05) is 13.2 Å². The lowest BCUT2D eigenvalue weighted by molar-refractivity contribution is 0.171. The van der Waals surface area contributed by atoms with E-state index in [9.17, 15) is 0 Å². The van der Waals surface area contributed by atoms with Crippen LogP contribution in [-0.2, 0) is 8.85 Å². The van der Waals surface area contributed by atoms with Gasteiger partial charge in [0.05, 0.1) is 0 Å². The first-order valence-corrected chi connectivity index (χ1v) is 13.9. The predicted molar refractivity (Wildman–Crippen MR) is 119 cm³/mol. The monoisotopic (exact) mass is 384 g/mol. The van der Waals surface area contributed by atoms with Crippen molar-refractivity contribution >= 4 is 8.56 Å². The lowest BCUT2D eigenvalue weighted by Gasteiger charge is -2.25. The van der Waals surface area contributed by atoms with Crippen LogP contribution in [0.4, 0.5) is 0 Å². The van der Waals surface area contributed by atoms with Crippen molar-refractivity contribution in [2.45, 2.75) is 111 Å². The van der Waals surface area contributed by atoms with Gasteiger partial charge in [0.25, 0.3) is 0 Å². The number of rotatable bonds is 19. The summed E-state index contributed by atoms with van der Waals surface area (Å²) in [6.07, 6.45) is 15.5. The molecule has 0 amide bonds. The maximum Gasteiger partial charge on any atom is 0.361 e. The normalized spacial score (nSPS) is 16.2. The summed E-state index contributed by atoms with van der Waals surface area (Å²) in [4.78, 5) is 0. The molecule has 0 aromatic carbocycles. The SMILES string of the molecule is C=C[Si](C)(OCCCC(CC)CCCC)OCCCC(CC)CCCC. The summed E-state index contributed by atoms with van der Waals surface area (Å²) in [5, 5.41) is 0. The highest BCUT2D eigenvalue weighted by Gasteiger charge is 2.27. The van der Waals surface area contributed by atoms with Gasteiger partial charge in [0, 0.05) is 13.2 Å². The van der Waals surface area contributed by atoms with Gasteiger partial charge in [0.15, 0.2) is 0 Å². The van der Waals surface area contributed by atoms with E-state index in [1.807, 2.05) is 5.70 Å². The third kappa shape index (κ3) is 13.1. The minimum absolute atomic E-state index is 0.825. The van der Waals surface area contributed by atoms with Crippen molar-refractivity contribution in [3.63, 3.8) is 0 Å². The molecule has 3 heteroatoms. The summed E-state index contributed by atoms with van der Waals surface area (Å²) in [6, 6.07) is 0. The Labute approximate surface area is 166 Å². The Kier molecular flexibility index (Phi) is 16.9. The van der Waals surface area contributed by atoms with Crippen LogP contribution >= 0.6 is 0 Å². The van der Waals surface area contributed by atoms with Crippen LogP contribution < -0.4 is 0 Å². The zero-order valence-corrected chi connectivity index (χ0v) is 19.7. The standard InChI is InChI=1S/C23H48O2Si/c1-7-12-16-22(9-3)18-14-20-24-26(6,11-5)25-21-15-19-23(10-4)17-13-8-2/h11,22-23H,5,7-10,12-21H2,1-4,6H3. The van der Waals surface area contributed by atoms with Gasteiger partial charge in [0.1, 0.15) is 0 Å². The van der Waals surface area contributed by atoms with Gasteiger partial charge in [-0.25, -0.2) is 0 Å². The summed E-state index contributed by atoms with van der Waals surface area (Å²) < 4.78 is 12.4. The number of hydrogen-bond donors (Lipinski definition) is 0. The van der Waals surface area contributed by atoms with Crippen LogP contribution in [-0.4, -0.2) is 21.8 Å². The van der Waals surface area contributed by atoms with Crippen LogP contribution in [0.15, 0.2) is 12.3 Å². The molecular weight excluding hydrogens is 336 g/mol. The van der Waals surface area contributed by atoms with Crippen molar-refractivity contribution in [3.8, 4) is 0 Å². The highest BCUT2D eigenvalue weighted by molar-refractivity contribution is 6.71. The van der Waals surface area contributed by atoms with Crippen LogP contribution in [0.5, 0.6) is 0 Å². The van der Waals surface area contributed by atoms with Gasteiger partial charge in [-0.1, -0.05) is 79.1 Å². The lowest BCUT2D eigenvalue weighted by Crippen LogP contribution is -2.37. The fourth-order valence-corrected chi connectivity index (χ4v) is 4.96. The molecule has 0 N–H and O–H groups in total. The zero-order chi connectivity index (χ0) is 19.7. The lowest BCUT2D eigenvalue weighted by atomic mass is 9.95. The molecule has 0 rings (SSSR count). The molecule has 0 aromatic rings. The van der Waals surface area contributed by atoms with Crippen molar-refractivity contribution in [1.29, 1.82) is 0 Å². The van der Waals surface area contributed by atoms with Crippen molar-refractivity contribution in [2.24, 2.45) is 11.8 Å². The molecule has 0 aliphatic carbocycles. The van der Waals surface area contributed by atoms with Crippen molar-refractivity contribution < 1.29 is 8.85 Å². The van der Waals surface area contributed by atoms with Gasteiger partial charge in [-0.05, 0) is 49.8 Å². The molecule has 0 saturated heterocycles. The van der Waals surface area contributed by atoms with Crippen LogP contribution in [0, 0.1) is 11.8 Å². The highest BCUT2D eigenvalue weighted by Crippen LogP contribution is 2.21. The van der Waals surface area contributed by atoms with Crippen LogP contribution in [0.2, 0.25) is 6.55 Å². The smallest absolute Gasteiger partial charge is 0.361 e. The highest BCUT2D eigenvalue weighted by atomic mass is 28.4. The van der Waals surface area contributed by atoms with E-state index in [2.05, 4.69) is 40.8 Å². The summed E-state index contributed by atoms with van der Waals surface area (Å²) in [7, 11) is -2.17. The Morgan fingerprint density at radius 2 is 1.12 bits per heavy atom. The van der Waals surface area contributed by atoms with Crippen LogP contribution in [0.25, 0.3) is 0 Å². The molecule has 2 atom stereocenters. The Morgan fingerprint density at radius 3 is 1.42 bits per heavy atom. The molecule has 0 bridgehead atoms. The van der Waals surface area contributed by atoms with E-state index in [0.29, 0.717) is 0 Å². The third-order valence-electron chi connectivity index (χ3n) is 5.75. The van der Waals surface area contributed by atoms with E-state index in [0.717, 1.165) is 37.9 Å². The fourth-order valence-electron chi connectivity index (χ4n) is 3.54. The molecule has 2 nitrogen and oxygen atoms in total. The quantitative estimate of drug-likeness (QED) is 0.167. The van der Waals surface area contributed by atoms with E-state index < -0.39 is 8.56 Å². The van der Waals surface area contributed by atoms with Crippen molar-refractivity contribution in [1.82, 2.24) is 0 Å². The van der Waals surface area contributed by atoms with Crippen LogP contribution in [0.3, 0.4) is 0 Å². The first kappa shape index (κ1) is 25.9. The van der Waals surface area contributed by atoms with E-state index in [1.165, 1.54) is 64.2 Å². The molecule has 26 heavy (non-hydrogen) atoms. The molecule has 156 valence electrons. The van der Waals surface area contributed by atoms with E-state index in [1.54, 1.807) is 0 Å². The van der Waals surface area contributed by atoms with Gasteiger partial charge in [-0.3, -0.25) is 0 Å². The Balaban J connectivity index is 3.98. The molecule has 0 heterocycles. The van der Waals surface area contributed by atoms with Gasteiger partial charge in [0.2, 0.25) is 0 Å². The molecule has 0 fully saturated rings. The van der Waals surface area contributed by atoms with E-state index in [4.69, 9.17) is 8.85 Å². The molecule has 2 unspecified atom stereocenters. The number of hydrogen-bond acceptors (Lipinski definition) is 2. The van der Waals surface area contributed by atoms with Crippen LogP contribution in [0.1, 0.15) is 105 Å². The average molecular weight is 385 g/mol. The Hall–Kier alpha value is -0.123. The first-order valence-electron chi connectivity index (χ1n) is 11.5. The first-order chi connectivity index (χ1) is 12.5. The largest absolute Gasteiger partial charge is 0.391 e. The van der Waals surface area contributed by atoms with E-state index >= 15 is 0 Å². The minimum Gasteiger partial charge on any atom is -0.391 e. The maximum atomic E-state index is 6.18. The summed E-state index contributed by atoms with van der Waals surface area (Å²) >= 11 is 0. The Bertz CT molecular complexity index is 295. The summed E-state index contributed by atoms with van der Waals surface area (Å²) in [5.41, 5.74) is 1.95. The molecule has 0 aromatic heterocycles. The summed E-state index contributed by atoms with van der Waals surface area (Å²) in [5.74, 6) is 1.73. The topological polar surface area (TPSA) is 18.5 Å². The Morgan fingerprint density at radius 1 is 0.731 bits per heavy atom. The molecular formula is C23H48O2Si. The molecule has 0 aliphatic rings. The molecule has 0 saturated carbocycles. The van der Waals surface area contributed by atoms with E-state index in [-0.39, 0.29) is 0 Å². The maximum absolute atomic E-state index is 6.18. The van der Waals surface area contributed by atoms with Gasteiger partial charge >= 0.3 is 8.56 Å². The van der Waals surface area contributed by atoms with Gasteiger partial charge in [-0.2, -0.15) is 0 Å². The van der Waals surface area contributed by atoms with Crippen molar-refractivity contribution in [3.05, 3.63) is 12.3 Å². The van der Waals surface area contributed by atoms with Gasteiger partial charge in [-0.15, -0.1) is 6.58 Å².